The number of hydrogen-bond acceptors (Lipinski definition) is 4. The molecule has 0 amide bonds. The summed E-state index contributed by atoms with van der Waals surface area (Å²) < 4.78 is 11.4. The molecule has 0 bridgehead atoms. The van der Waals surface area contributed by atoms with Gasteiger partial charge in [0.1, 0.15) is 6.61 Å². The summed E-state index contributed by atoms with van der Waals surface area (Å²) in [6.07, 6.45) is 1.18. The summed E-state index contributed by atoms with van der Waals surface area (Å²) in [5, 5.41) is 0. The molecular formula is C16H27ClN2O2. The van der Waals surface area contributed by atoms with E-state index in [4.69, 9.17) is 15.2 Å². The topological polar surface area (TPSA) is 47.7 Å². The normalized spacial score (nSPS) is 21.9. The van der Waals surface area contributed by atoms with Crippen LogP contribution in [-0.2, 0) is 0 Å². The van der Waals surface area contributed by atoms with E-state index in [1.807, 2.05) is 31.2 Å². The third-order valence-electron chi connectivity index (χ3n) is 3.94. The number of hydrogen-bond donors (Lipinski definition) is 1. The number of nitrogens with two attached hydrogens (primary N) is 1. The van der Waals surface area contributed by atoms with Crippen LogP contribution in [0.25, 0.3) is 0 Å². The van der Waals surface area contributed by atoms with Crippen LogP contribution in [0.3, 0.4) is 0 Å². The van der Waals surface area contributed by atoms with Gasteiger partial charge in [-0.2, -0.15) is 0 Å². The van der Waals surface area contributed by atoms with Gasteiger partial charge in [0.15, 0.2) is 11.5 Å². The SMILES string of the molecule is CCOc1ccccc1OCCN1CCC(C)(CN)C1.Cl. The summed E-state index contributed by atoms with van der Waals surface area (Å²) in [6, 6.07) is 7.84. The number of benzene rings is 1. The van der Waals surface area contributed by atoms with E-state index >= 15 is 0 Å². The quantitative estimate of drug-likeness (QED) is 0.840. The van der Waals surface area contributed by atoms with Crippen molar-refractivity contribution in [1.82, 2.24) is 4.90 Å². The van der Waals surface area contributed by atoms with Crippen LogP contribution in [0, 0.1) is 5.41 Å². The molecule has 5 heteroatoms. The number of nitrogens with zero attached hydrogens (tertiary/aromatic N) is 1. The second-order valence-corrected chi connectivity index (χ2v) is 5.77. The van der Waals surface area contributed by atoms with Crippen LogP contribution >= 0.6 is 12.4 Å². The van der Waals surface area contributed by atoms with Gasteiger partial charge < -0.3 is 15.2 Å². The van der Waals surface area contributed by atoms with Gasteiger partial charge in [0.05, 0.1) is 6.61 Å². The lowest BCUT2D eigenvalue weighted by molar-refractivity contribution is 0.212. The van der Waals surface area contributed by atoms with Crippen LogP contribution in [0.4, 0.5) is 0 Å². The van der Waals surface area contributed by atoms with Crippen molar-refractivity contribution in [2.24, 2.45) is 11.1 Å². The van der Waals surface area contributed by atoms with Crippen molar-refractivity contribution < 1.29 is 9.47 Å². The maximum atomic E-state index is 5.86. The Morgan fingerprint density at radius 3 is 2.48 bits per heavy atom. The van der Waals surface area contributed by atoms with Crippen LogP contribution in [0.1, 0.15) is 20.3 Å². The van der Waals surface area contributed by atoms with E-state index in [1.165, 1.54) is 6.42 Å². The van der Waals surface area contributed by atoms with Crippen molar-refractivity contribution in [2.75, 3.05) is 39.4 Å². The summed E-state index contributed by atoms with van der Waals surface area (Å²) >= 11 is 0. The van der Waals surface area contributed by atoms with Gasteiger partial charge >= 0.3 is 0 Å². The first-order valence-electron chi connectivity index (χ1n) is 7.44. The maximum absolute atomic E-state index is 5.86. The Balaban J connectivity index is 0.00000220. The van der Waals surface area contributed by atoms with E-state index in [-0.39, 0.29) is 17.8 Å². The number of rotatable bonds is 7. The zero-order valence-electron chi connectivity index (χ0n) is 13.0. The first-order chi connectivity index (χ1) is 9.67. The minimum Gasteiger partial charge on any atom is -0.490 e. The number of halogens is 1. The fourth-order valence-corrected chi connectivity index (χ4v) is 2.61. The lowest BCUT2D eigenvalue weighted by Gasteiger charge is -2.22. The van der Waals surface area contributed by atoms with E-state index in [0.717, 1.165) is 37.7 Å². The Bertz CT molecular complexity index is 430. The highest BCUT2D eigenvalue weighted by molar-refractivity contribution is 5.85. The first-order valence-corrected chi connectivity index (χ1v) is 7.44. The summed E-state index contributed by atoms with van der Waals surface area (Å²) in [5.74, 6) is 1.65. The fraction of sp³-hybridized carbons (Fsp3) is 0.625. The van der Waals surface area contributed by atoms with E-state index < -0.39 is 0 Å². The molecule has 0 radical (unpaired) electrons. The summed E-state index contributed by atoms with van der Waals surface area (Å²) in [4.78, 5) is 2.43. The molecule has 0 aliphatic carbocycles. The molecule has 2 rings (SSSR count). The Kier molecular flexibility index (Phi) is 7.29. The van der Waals surface area contributed by atoms with Gasteiger partial charge in [0, 0.05) is 13.1 Å². The molecule has 1 aliphatic rings. The van der Waals surface area contributed by atoms with Crippen molar-refractivity contribution in [1.29, 1.82) is 0 Å². The second-order valence-electron chi connectivity index (χ2n) is 5.77. The molecule has 2 N–H and O–H groups in total. The molecular weight excluding hydrogens is 288 g/mol. The van der Waals surface area contributed by atoms with Gasteiger partial charge in [-0.05, 0) is 44.0 Å². The van der Waals surface area contributed by atoms with E-state index in [1.54, 1.807) is 0 Å². The van der Waals surface area contributed by atoms with Gasteiger partial charge in [-0.1, -0.05) is 19.1 Å². The molecule has 1 unspecified atom stereocenters. The Hall–Kier alpha value is -0.970. The monoisotopic (exact) mass is 314 g/mol. The molecule has 1 aromatic rings. The van der Waals surface area contributed by atoms with Gasteiger partial charge in [-0.15, -0.1) is 12.4 Å². The Morgan fingerprint density at radius 2 is 1.90 bits per heavy atom. The van der Waals surface area contributed by atoms with Crippen molar-refractivity contribution >= 4 is 12.4 Å². The lowest BCUT2D eigenvalue weighted by atomic mass is 9.90. The van der Waals surface area contributed by atoms with Crippen LogP contribution < -0.4 is 15.2 Å². The number of likely N-dealkylation sites (tertiary alicyclic amines) is 1. The molecule has 1 fully saturated rings. The second kappa shape index (κ2) is 8.47. The van der Waals surface area contributed by atoms with Crippen molar-refractivity contribution in [3.63, 3.8) is 0 Å². The molecule has 0 aromatic heterocycles. The highest BCUT2D eigenvalue weighted by Crippen LogP contribution is 2.29. The lowest BCUT2D eigenvalue weighted by Crippen LogP contribution is -2.33. The predicted octanol–water partition coefficient (Wildman–Crippen LogP) is 2.56. The highest BCUT2D eigenvalue weighted by atomic mass is 35.5. The minimum absolute atomic E-state index is 0. The van der Waals surface area contributed by atoms with Gasteiger partial charge in [-0.3, -0.25) is 4.90 Å². The summed E-state index contributed by atoms with van der Waals surface area (Å²) in [6.45, 7) is 9.47. The maximum Gasteiger partial charge on any atom is 0.161 e. The molecule has 21 heavy (non-hydrogen) atoms. The van der Waals surface area contributed by atoms with Crippen molar-refractivity contribution in [3.8, 4) is 11.5 Å². The third kappa shape index (κ3) is 5.06. The predicted molar refractivity (Wildman–Crippen MR) is 88.6 cm³/mol. The van der Waals surface area contributed by atoms with Gasteiger partial charge in [0.25, 0.3) is 0 Å². The summed E-state index contributed by atoms with van der Waals surface area (Å²) in [7, 11) is 0. The Labute approximate surface area is 134 Å². The van der Waals surface area contributed by atoms with Crippen molar-refractivity contribution in [2.45, 2.75) is 20.3 Å². The fourth-order valence-electron chi connectivity index (χ4n) is 2.61. The average molecular weight is 315 g/mol. The smallest absolute Gasteiger partial charge is 0.161 e. The standard InChI is InChI=1S/C16H26N2O2.ClH/c1-3-19-14-6-4-5-7-15(14)20-11-10-18-9-8-16(2,12-17)13-18;/h4-7H,3,8-13,17H2,1-2H3;1H. The largest absolute Gasteiger partial charge is 0.490 e. The molecule has 1 aromatic carbocycles. The van der Waals surface area contributed by atoms with E-state index in [2.05, 4.69) is 11.8 Å². The average Bonchev–Trinajstić information content (AvgIpc) is 2.84. The van der Waals surface area contributed by atoms with Gasteiger partial charge in [0.2, 0.25) is 0 Å². The molecule has 120 valence electrons. The van der Waals surface area contributed by atoms with Crippen LogP contribution in [0.5, 0.6) is 11.5 Å². The van der Waals surface area contributed by atoms with Crippen LogP contribution in [-0.4, -0.2) is 44.3 Å². The third-order valence-corrected chi connectivity index (χ3v) is 3.94. The molecule has 1 saturated heterocycles. The van der Waals surface area contributed by atoms with Crippen molar-refractivity contribution in [3.05, 3.63) is 24.3 Å². The molecule has 1 aliphatic heterocycles. The Morgan fingerprint density at radius 1 is 1.24 bits per heavy atom. The molecule has 0 spiro atoms. The van der Waals surface area contributed by atoms with Gasteiger partial charge in [-0.25, -0.2) is 0 Å². The van der Waals surface area contributed by atoms with E-state index in [9.17, 15) is 0 Å². The number of para-hydroxylation sites is 2. The first kappa shape index (κ1) is 18.1. The highest BCUT2D eigenvalue weighted by Gasteiger charge is 2.31. The molecule has 4 nitrogen and oxygen atoms in total. The molecule has 1 heterocycles. The zero-order valence-corrected chi connectivity index (χ0v) is 13.8. The molecule has 0 saturated carbocycles. The molecule has 1 atom stereocenters. The number of ether oxygens (including phenoxy) is 2. The summed E-state index contributed by atoms with van der Waals surface area (Å²) in [5.41, 5.74) is 6.11. The van der Waals surface area contributed by atoms with Crippen LogP contribution in [0.15, 0.2) is 24.3 Å². The zero-order chi connectivity index (χ0) is 14.4. The van der Waals surface area contributed by atoms with Crippen LogP contribution in [0.2, 0.25) is 0 Å². The van der Waals surface area contributed by atoms with E-state index in [0.29, 0.717) is 13.2 Å². The minimum atomic E-state index is 0.